The summed E-state index contributed by atoms with van der Waals surface area (Å²) in [5, 5.41) is 9.93. The summed E-state index contributed by atoms with van der Waals surface area (Å²) in [6.45, 7) is 7.38. The molecule has 1 aromatic rings. The average Bonchev–Trinajstić information content (AvgIpc) is 2.82. The monoisotopic (exact) mass is 255 g/mol. The van der Waals surface area contributed by atoms with E-state index >= 15 is 0 Å². The van der Waals surface area contributed by atoms with Crippen molar-refractivity contribution >= 4 is 22.6 Å². The van der Waals surface area contributed by atoms with Crippen molar-refractivity contribution in [2.24, 2.45) is 11.8 Å². The molecule has 2 atom stereocenters. The van der Waals surface area contributed by atoms with E-state index in [2.05, 4.69) is 23.2 Å². The third-order valence-electron chi connectivity index (χ3n) is 3.15. The van der Waals surface area contributed by atoms with Gasteiger partial charge in [0.15, 0.2) is 0 Å². The molecule has 1 aromatic heterocycles. The highest BCUT2D eigenvalue weighted by Crippen LogP contribution is 2.30. The number of hydrogen-bond donors (Lipinski definition) is 1. The van der Waals surface area contributed by atoms with E-state index in [1.54, 1.807) is 0 Å². The van der Waals surface area contributed by atoms with Crippen molar-refractivity contribution in [2.45, 2.75) is 26.7 Å². The first-order chi connectivity index (χ1) is 7.99. The van der Waals surface area contributed by atoms with Crippen LogP contribution in [0, 0.1) is 11.8 Å². The Balaban J connectivity index is 2.11. The number of aliphatic carboxylic acids is 1. The van der Waals surface area contributed by atoms with Gasteiger partial charge in [0.2, 0.25) is 5.13 Å². The molecule has 1 aliphatic heterocycles. The van der Waals surface area contributed by atoms with Crippen molar-refractivity contribution in [1.29, 1.82) is 0 Å². The fraction of sp³-hybridized carbons (Fsp3) is 0.727. The number of carbonyl (C=O) groups is 1. The van der Waals surface area contributed by atoms with Crippen molar-refractivity contribution in [3.8, 4) is 0 Å². The van der Waals surface area contributed by atoms with Crippen molar-refractivity contribution in [3.63, 3.8) is 0 Å². The minimum absolute atomic E-state index is 0.166. The van der Waals surface area contributed by atoms with Crippen LogP contribution in [0.15, 0.2) is 0 Å². The van der Waals surface area contributed by atoms with Crippen LogP contribution in [0.1, 0.15) is 32.5 Å². The van der Waals surface area contributed by atoms with Gasteiger partial charge >= 0.3 is 5.97 Å². The topological polar surface area (TPSA) is 66.3 Å². The number of aromatic nitrogens is 2. The van der Waals surface area contributed by atoms with Crippen LogP contribution in [-0.4, -0.2) is 33.5 Å². The van der Waals surface area contributed by atoms with Gasteiger partial charge in [0, 0.05) is 30.5 Å². The lowest BCUT2D eigenvalue weighted by atomic mass is 9.99. The molecule has 0 bridgehead atoms. The lowest BCUT2D eigenvalue weighted by Gasteiger charge is -2.12. The van der Waals surface area contributed by atoms with Gasteiger partial charge in [0.25, 0.3) is 0 Å². The Hall–Kier alpha value is -1.17. The molecule has 94 valence electrons. The summed E-state index contributed by atoms with van der Waals surface area (Å²) < 4.78 is 4.30. The van der Waals surface area contributed by atoms with Gasteiger partial charge in [0.05, 0.1) is 5.92 Å². The molecule has 0 spiro atoms. The largest absolute Gasteiger partial charge is 0.481 e. The summed E-state index contributed by atoms with van der Waals surface area (Å²) in [4.78, 5) is 17.5. The zero-order chi connectivity index (χ0) is 12.6. The highest BCUT2D eigenvalue weighted by Gasteiger charge is 2.36. The second-order valence-corrected chi connectivity index (χ2v) is 5.65. The maximum absolute atomic E-state index is 11.0. The van der Waals surface area contributed by atoms with Crippen LogP contribution >= 0.6 is 11.5 Å². The molecular weight excluding hydrogens is 238 g/mol. The molecule has 1 fully saturated rings. The standard InChI is InChI=1S/C11H17N3O2S/c1-6(2)9-12-11(17-13-9)14-4-7(3)8(5-14)10(15)16/h6-8H,4-5H2,1-3H3,(H,15,16)/t7-,8-/m1/s1. The minimum atomic E-state index is -0.714. The molecule has 0 radical (unpaired) electrons. The maximum Gasteiger partial charge on any atom is 0.308 e. The van der Waals surface area contributed by atoms with E-state index in [4.69, 9.17) is 5.11 Å². The molecule has 0 aliphatic carbocycles. The van der Waals surface area contributed by atoms with Gasteiger partial charge in [-0.1, -0.05) is 20.8 Å². The Labute approximate surface area is 105 Å². The SMILES string of the molecule is CC(C)c1nsc(N2C[C@@H](C)[C@H](C(=O)O)C2)n1. The van der Waals surface area contributed by atoms with Gasteiger partial charge in [-0.05, 0) is 5.92 Å². The quantitative estimate of drug-likeness (QED) is 0.892. The highest BCUT2D eigenvalue weighted by molar-refractivity contribution is 7.09. The molecule has 1 aliphatic rings. The van der Waals surface area contributed by atoms with Gasteiger partial charge in [-0.3, -0.25) is 4.79 Å². The van der Waals surface area contributed by atoms with Crippen molar-refractivity contribution in [2.75, 3.05) is 18.0 Å². The third-order valence-corrected chi connectivity index (χ3v) is 3.94. The summed E-state index contributed by atoms with van der Waals surface area (Å²) in [7, 11) is 0. The van der Waals surface area contributed by atoms with Gasteiger partial charge in [-0.25, -0.2) is 4.98 Å². The fourth-order valence-corrected chi connectivity index (χ4v) is 2.86. The molecule has 1 N–H and O–H groups in total. The van der Waals surface area contributed by atoms with Crippen molar-refractivity contribution in [1.82, 2.24) is 9.36 Å². The zero-order valence-corrected chi connectivity index (χ0v) is 11.1. The van der Waals surface area contributed by atoms with Crippen LogP contribution in [-0.2, 0) is 4.79 Å². The molecule has 2 rings (SSSR count). The minimum Gasteiger partial charge on any atom is -0.481 e. The van der Waals surface area contributed by atoms with Crippen molar-refractivity contribution < 1.29 is 9.90 Å². The van der Waals surface area contributed by atoms with Gasteiger partial charge in [-0.2, -0.15) is 4.37 Å². The van der Waals surface area contributed by atoms with Gasteiger partial charge < -0.3 is 10.0 Å². The second kappa shape index (κ2) is 4.60. The maximum atomic E-state index is 11.0. The molecule has 17 heavy (non-hydrogen) atoms. The molecule has 5 nitrogen and oxygen atoms in total. The van der Waals surface area contributed by atoms with E-state index in [9.17, 15) is 4.79 Å². The van der Waals surface area contributed by atoms with Crippen LogP contribution in [0.25, 0.3) is 0 Å². The van der Waals surface area contributed by atoms with E-state index in [0.717, 1.165) is 17.5 Å². The summed E-state index contributed by atoms with van der Waals surface area (Å²) in [5.74, 6) is 0.320. The van der Waals surface area contributed by atoms with Crippen LogP contribution in [0.5, 0.6) is 0 Å². The van der Waals surface area contributed by atoms with E-state index in [0.29, 0.717) is 12.5 Å². The Morgan fingerprint density at radius 2 is 2.24 bits per heavy atom. The number of carboxylic acid groups (broad SMARTS) is 1. The van der Waals surface area contributed by atoms with Crippen LogP contribution in [0.3, 0.4) is 0 Å². The van der Waals surface area contributed by atoms with Crippen molar-refractivity contribution in [3.05, 3.63) is 5.82 Å². The normalized spacial score (nSPS) is 24.6. The number of hydrogen-bond acceptors (Lipinski definition) is 5. The molecule has 0 amide bonds. The highest BCUT2D eigenvalue weighted by atomic mass is 32.1. The Bertz CT molecular complexity index is 419. The summed E-state index contributed by atoms with van der Waals surface area (Å²) in [5.41, 5.74) is 0. The first-order valence-corrected chi connectivity index (χ1v) is 6.57. The molecule has 1 saturated heterocycles. The van der Waals surface area contributed by atoms with Gasteiger partial charge in [-0.15, -0.1) is 0 Å². The Morgan fingerprint density at radius 1 is 1.53 bits per heavy atom. The average molecular weight is 255 g/mol. The van der Waals surface area contributed by atoms with E-state index in [1.807, 2.05) is 11.8 Å². The first kappa shape index (κ1) is 12.3. The van der Waals surface area contributed by atoms with Crippen LogP contribution < -0.4 is 4.90 Å². The molecule has 0 unspecified atom stereocenters. The summed E-state index contributed by atoms with van der Waals surface area (Å²) in [6.07, 6.45) is 0. The van der Waals surface area contributed by atoms with E-state index in [1.165, 1.54) is 11.5 Å². The second-order valence-electron chi connectivity index (χ2n) is 4.92. The predicted molar refractivity (Wildman–Crippen MR) is 66.5 cm³/mol. The molecular formula is C11H17N3O2S. The Kier molecular flexibility index (Phi) is 3.33. The fourth-order valence-electron chi connectivity index (χ4n) is 2.03. The van der Waals surface area contributed by atoms with E-state index < -0.39 is 5.97 Å². The number of carboxylic acids is 1. The smallest absolute Gasteiger partial charge is 0.308 e. The molecule has 6 heteroatoms. The number of rotatable bonds is 3. The summed E-state index contributed by atoms with van der Waals surface area (Å²) >= 11 is 1.36. The third kappa shape index (κ3) is 2.41. The molecule has 0 saturated carbocycles. The zero-order valence-electron chi connectivity index (χ0n) is 10.3. The van der Waals surface area contributed by atoms with Crippen LogP contribution in [0.2, 0.25) is 0 Å². The van der Waals surface area contributed by atoms with Crippen LogP contribution in [0.4, 0.5) is 5.13 Å². The Morgan fingerprint density at radius 3 is 2.71 bits per heavy atom. The first-order valence-electron chi connectivity index (χ1n) is 5.80. The number of nitrogens with zero attached hydrogens (tertiary/aromatic N) is 3. The van der Waals surface area contributed by atoms with Gasteiger partial charge in [0.1, 0.15) is 5.82 Å². The molecule has 0 aromatic carbocycles. The summed E-state index contributed by atoms with van der Waals surface area (Å²) in [6, 6.07) is 0. The van der Waals surface area contributed by atoms with E-state index in [-0.39, 0.29) is 11.8 Å². The lowest BCUT2D eigenvalue weighted by Crippen LogP contribution is -2.22. The lowest BCUT2D eigenvalue weighted by molar-refractivity contribution is -0.142. The molecule has 2 heterocycles. The number of anilines is 1. The predicted octanol–water partition coefficient (Wildman–Crippen LogP) is 1.82.